The van der Waals surface area contributed by atoms with E-state index >= 15 is 0 Å². The van der Waals surface area contributed by atoms with Gasteiger partial charge in [0.1, 0.15) is 34.6 Å². The highest BCUT2D eigenvalue weighted by Gasteiger charge is 2.36. The smallest absolute Gasteiger partial charge is 0.335 e. The van der Waals surface area contributed by atoms with E-state index in [0.717, 1.165) is 55.8 Å². The van der Waals surface area contributed by atoms with Crippen molar-refractivity contribution in [1.82, 2.24) is 40.4 Å². The van der Waals surface area contributed by atoms with E-state index in [2.05, 4.69) is 41.5 Å². The van der Waals surface area contributed by atoms with Crippen molar-refractivity contribution in [2.24, 2.45) is 0 Å². The molecule has 2 aliphatic rings. The number of nitrogens with two attached hydrogens (primary N) is 1. The standard InChI is InChI=1S/C31H31F2N7O2S.C24H24F2N6O3.C7H9NS/c1-18-11-12-19(29(41)36-20-7-5-8-21(16-20)43-4)15-22(18)26-23-17-35-31(42)40(27-24(32)9-6-10-25(27)33)28(23)38-30(37-26)34-13-14-39(2)3;1-13-7-8-14(22(33)34)11-15(13)19-16-12-28-24(35)32(20-17(25)5-4-6-18(20)26)21(16)30-23(29-19)27-9-10-31(2)3;1-9-7-4-2-3-6(8)5-7/h5-12,15-16H,13-14,17H2,1-4H3,(H,35,42)(H,36,41)(H,34,37,38);4-8,11H,9-10,12H2,1-3H3,(H,28,35)(H,33,34)(H,27,29,30);2-5H,8H2,1H3. The molecule has 10 rings (SSSR count). The summed E-state index contributed by atoms with van der Waals surface area (Å²) in [7, 11) is 7.64. The van der Waals surface area contributed by atoms with E-state index < -0.39 is 52.7 Å². The van der Waals surface area contributed by atoms with Crippen molar-refractivity contribution >= 4 is 93.7 Å². The summed E-state index contributed by atoms with van der Waals surface area (Å²) in [5, 5.41) is 24.0. The number of carboxylic acids is 1. The summed E-state index contributed by atoms with van der Waals surface area (Å²) in [5.74, 6) is -4.73. The first kappa shape index (κ1) is 63.7. The number of nitrogens with one attached hydrogen (secondary N) is 5. The lowest BCUT2D eigenvalue weighted by Gasteiger charge is -2.31. The normalized spacial score (nSPS) is 12.4. The minimum absolute atomic E-state index is 0.00914. The molecule has 452 valence electrons. The molecule has 25 heteroatoms. The molecule has 0 aliphatic carbocycles. The number of halogens is 4. The lowest BCUT2D eigenvalue weighted by molar-refractivity contribution is 0.0696. The quantitative estimate of drug-likeness (QED) is 0.0255. The lowest BCUT2D eigenvalue weighted by atomic mass is 9.97. The fourth-order valence-corrected chi connectivity index (χ4v) is 10.0. The van der Waals surface area contributed by atoms with Gasteiger partial charge in [0.2, 0.25) is 11.9 Å². The Bertz CT molecular complexity index is 3840. The number of hydrogen-bond acceptors (Lipinski definition) is 15. The first-order valence-electron chi connectivity index (χ1n) is 27.1. The molecule has 0 atom stereocenters. The third kappa shape index (κ3) is 15.4. The summed E-state index contributed by atoms with van der Waals surface area (Å²) in [4.78, 5) is 77.2. The molecule has 0 unspecified atom stereocenters. The largest absolute Gasteiger partial charge is 0.478 e. The average molecular weight is 1230 g/mol. The van der Waals surface area contributed by atoms with Gasteiger partial charge in [0.15, 0.2) is 11.6 Å². The van der Waals surface area contributed by atoms with Gasteiger partial charge in [-0.3, -0.25) is 4.79 Å². The fourth-order valence-electron chi connectivity index (χ4n) is 9.10. The van der Waals surface area contributed by atoms with Gasteiger partial charge in [-0.2, -0.15) is 9.97 Å². The number of fused-ring (bicyclic) bond motifs is 2. The Morgan fingerprint density at radius 1 is 0.598 bits per heavy atom. The topological polar surface area (TPSA) is 239 Å². The second-order valence-electron chi connectivity index (χ2n) is 20.3. The maximum atomic E-state index is 15.0. The number of hydrogen-bond donors (Lipinski definition) is 7. The van der Waals surface area contributed by atoms with Crippen LogP contribution in [0.25, 0.3) is 22.5 Å². The predicted molar refractivity (Wildman–Crippen MR) is 336 cm³/mol. The molecule has 8 aromatic rings. The van der Waals surface area contributed by atoms with Crippen molar-refractivity contribution in [2.75, 3.05) is 98.4 Å². The van der Waals surface area contributed by atoms with E-state index in [1.807, 2.05) is 112 Å². The average Bonchev–Trinajstić information content (AvgIpc) is 0.912. The number of carbonyl (C=O) groups is 4. The summed E-state index contributed by atoms with van der Waals surface area (Å²) in [6, 6.07) is 30.5. The van der Waals surface area contributed by atoms with E-state index in [0.29, 0.717) is 71.1 Å². The van der Waals surface area contributed by atoms with E-state index in [1.54, 1.807) is 48.6 Å². The van der Waals surface area contributed by atoms with Crippen molar-refractivity contribution in [3.63, 3.8) is 0 Å². The summed E-state index contributed by atoms with van der Waals surface area (Å²) in [6.07, 6.45) is 4.00. The molecular formula is C62H64F4N14O5S2. The number of aryl methyl sites for hydroxylation is 2. The molecule has 4 heterocycles. The Balaban J connectivity index is 0.000000200. The molecule has 0 radical (unpaired) electrons. The summed E-state index contributed by atoms with van der Waals surface area (Å²) in [5.41, 5.74) is 10.6. The van der Waals surface area contributed by atoms with Crippen LogP contribution in [0, 0.1) is 37.1 Å². The highest BCUT2D eigenvalue weighted by Crippen LogP contribution is 2.41. The number of nitrogens with zero attached hydrogens (tertiary/aromatic N) is 8. The summed E-state index contributed by atoms with van der Waals surface area (Å²) < 4.78 is 59.4. The van der Waals surface area contributed by atoms with Crippen LogP contribution in [0.5, 0.6) is 0 Å². The molecule has 0 saturated heterocycles. The van der Waals surface area contributed by atoms with E-state index in [4.69, 9.17) is 10.7 Å². The maximum Gasteiger partial charge on any atom is 0.335 e. The third-order valence-corrected chi connectivity index (χ3v) is 15.0. The van der Waals surface area contributed by atoms with Gasteiger partial charge in [0.05, 0.1) is 30.0 Å². The number of amides is 5. The Morgan fingerprint density at radius 2 is 1.02 bits per heavy atom. The van der Waals surface area contributed by atoms with Crippen LogP contribution < -0.4 is 42.1 Å². The Morgan fingerprint density at radius 3 is 1.45 bits per heavy atom. The predicted octanol–water partition coefficient (Wildman–Crippen LogP) is 11.8. The first-order chi connectivity index (χ1) is 41.6. The second-order valence-corrected chi connectivity index (χ2v) is 22.1. The van der Waals surface area contributed by atoms with Crippen LogP contribution in [0.4, 0.5) is 73.4 Å². The fraction of sp³-hybridized carbons (Fsp3) is 0.226. The van der Waals surface area contributed by atoms with Crippen molar-refractivity contribution in [3.05, 3.63) is 178 Å². The van der Waals surface area contributed by atoms with Gasteiger partial charge in [-0.25, -0.2) is 51.7 Å². The summed E-state index contributed by atoms with van der Waals surface area (Å²) >= 11 is 3.28. The zero-order valence-corrected chi connectivity index (χ0v) is 50.5. The van der Waals surface area contributed by atoms with Crippen LogP contribution in [0.15, 0.2) is 131 Å². The molecule has 0 fully saturated rings. The Hall–Kier alpha value is -9.30. The molecular weight excluding hydrogens is 1160 g/mol. The zero-order valence-electron chi connectivity index (χ0n) is 48.9. The van der Waals surface area contributed by atoms with E-state index in [9.17, 15) is 41.8 Å². The Labute approximate surface area is 509 Å². The van der Waals surface area contributed by atoms with Crippen LogP contribution in [-0.2, 0) is 13.1 Å². The van der Waals surface area contributed by atoms with Crippen molar-refractivity contribution in [3.8, 4) is 22.5 Å². The van der Waals surface area contributed by atoms with Crippen LogP contribution in [0.2, 0.25) is 0 Å². The number of nitrogen functional groups attached to an aromatic ring is 1. The molecule has 87 heavy (non-hydrogen) atoms. The number of benzene rings is 6. The highest BCUT2D eigenvalue weighted by molar-refractivity contribution is 7.98. The van der Waals surface area contributed by atoms with Crippen molar-refractivity contribution in [1.29, 1.82) is 0 Å². The molecule has 19 nitrogen and oxygen atoms in total. The van der Waals surface area contributed by atoms with Crippen LogP contribution in [-0.4, -0.2) is 126 Å². The molecule has 0 saturated carbocycles. The zero-order chi connectivity index (χ0) is 62.6. The van der Waals surface area contributed by atoms with Gasteiger partial charge in [0, 0.05) is 75.2 Å². The lowest BCUT2D eigenvalue weighted by Crippen LogP contribution is -2.43. The molecule has 5 amide bonds. The highest BCUT2D eigenvalue weighted by atomic mass is 32.2. The van der Waals surface area contributed by atoms with Gasteiger partial charge in [-0.15, -0.1) is 23.5 Å². The Kier molecular flexibility index (Phi) is 21.0. The van der Waals surface area contributed by atoms with Crippen LogP contribution >= 0.6 is 23.5 Å². The minimum atomic E-state index is -1.11. The third-order valence-electron chi connectivity index (χ3n) is 13.6. The number of rotatable bonds is 17. The van der Waals surface area contributed by atoms with Gasteiger partial charge in [-0.1, -0.05) is 36.4 Å². The number of urea groups is 2. The van der Waals surface area contributed by atoms with Gasteiger partial charge in [-0.05, 0) is 151 Å². The van der Waals surface area contributed by atoms with Gasteiger partial charge in [0.25, 0.3) is 5.91 Å². The monoisotopic (exact) mass is 1220 g/mol. The second kappa shape index (κ2) is 28.7. The first-order valence-corrected chi connectivity index (χ1v) is 29.5. The molecule has 8 N–H and O–H groups in total. The SMILES string of the molecule is CSc1cccc(N)c1.CSc1cccc(NC(=O)c2ccc(C)c(-c3nc(NCCN(C)C)nc4c3CNC(=O)N4c3c(F)cccc3F)c2)c1.Cc1ccc(C(=O)O)cc1-c1nc(NCCN(C)C)nc2c1CNC(=O)N2c1c(F)cccc1F. The van der Waals surface area contributed by atoms with Crippen LogP contribution in [0.1, 0.15) is 43.0 Å². The van der Waals surface area contributed by atoms with Gasteiger partial charge >= 0.3 is 18.0 Å². The molecule has 6 aromatic carbocycles. The molecule has 2 aliphatic heterocycles. The van der Waals surface area contributed by atoms with Crippen LogP contribution in [0.3, 0.4) is 0 Å². The molecule has 2 aromatic heterocycles. The maximum absolute atomic E-state index is 15.0. The number of aromatic carboxylic acids is 1. The number of aromatic nitrogens is 4. The summed E-state index contributed by atoms with van der Waals surface area (Å²) in [6.45, 7) is 5.92. The van der Waals surface area contributed by atoms with Crippen molar-refractivity contribution in [2.45, 2.75) is 36.7 Å². The van der Waals surface area contributed by atoms with Crippen molar-refractivity contribution < 1.29 is 41.8 Å². The number of carbonyl (C=O) groups excluding carboxylic acids is 3. The number of anilines is 8. The number of carboxylic acid groups (broad SMARTS) is 1. The van der Waals surface area contributed by atoms with E-state index in [-0.39, 0.29) is 48.1 Å². The minimum Gasteiger partial charge on any atom is -0.478 e. The number of para-hydroxylation sites is 2. The van der Waals surface area contributed by atoms with Gasteiger partial charge < -0.3 is 47.2 Å². The molecule has 0 bridgehead atoms. The van der Waals surface area contributed by atoms with E-state index in [1.165, 1.54) is 29.2 Å². The number of thioether (sulfide) groups is 2. The number of likely N-dealkylation sites (N-methyl/N-ethyl adjacent to an activating group) is 2. The molecule has 0 spiro atoms.